The SMILES string of the molecule is CCOC(=O)c1ccc(NCC(=O)Nc2cc(S(=O)(=O)N3CCCCC3)ccc2C)cc1. The van der Waals surface area contributed by atoms with Crippen molar-refractivity contribution in [2.45, 2.75) is 38.0 Å². The molecule has 0 spiro atoms. The van der Waals surface area contributed by atoms with E-state index in [1.54, 1.807) is 43.3 Å². The van der Waals surface area contributed by atoms with Crippen molar-refractivity contribution < 1.29 is 22.7 Å². The van der Waals surface area contributed by atoms with E-state index < -0.39 is 16.0 Å². The number of hydrogen-bond acceptors (Lipinski definition) is 6. The first-order chi connectivity index (χ1) is 15.3. The molecule has 0 radical (unpaired) electrons. The number of piperidine rings is 1. The van der Waals surface area contributed by atoms with Crippen LogP contribution in [0, 0.1) is 6.92 Å². The summed E-state index contributed by atoms with van der Waals surface area (Å²) in [6.07, 6.45) is 2.77. The standard InChI is InChI=1S/C23H29N3O5S/c1-3-31-23(28)18-8-10-19(11-9-18)24-16-22(27)25-21-15-20(12-7-17(21)2)32(29,30)26-13-5-4-6-14-26/h7-12,15,24H,3-6,13-14,16H2,1-2H3,(H,25,27). The lowest BCUT2D eigenvalue weighted by Gasteiger charge is -2.26. The quantitative estimate of drug-likeness (QED) is 0.587. The number of anilines is 2. The summed E-state index contributed by atoms with van der Waals surface area (Å²) in [7, 11) is -3.58. The maximum atomic E-state index is 12.9. The number of esters is 1. The highest BCUT2D eigenvalue weighted by atomic mass is 32.2. The van der Waals surface area contributed by atoms with Gasteiger partial charge in [-0.1, -0.05) is 12.5 Å². The highest BCUT2D eigenvalue weighted by molar-refractivity contribution is 7.89. The van der Waals surface area contributed by atoms with Crippen LogP contribution in [0.1, 0.15) is 42.1 Å². The summed E-state index contributed by atoms with van der Waals surface area (Å²) in [5.41, 5.74) is 2.35. The Hall–Kier alpha value is -2.91. The molecule has 1 amide bonds. The molecule has 1 heterocycles. The summed E-state index contributed by atoms with van der Waals surface area (Å²) in [6.45, 7) is 4.90. The molecule has 9 heteroatoms. The lowest BCUT2D eigenvalue weighted by molar-refractivity contribution is -0.114. The van der Waals surface area contributed by atoms with E-state index in [-0.39, 0.29) is 17.3 Å². The van der Waals surface area contributed by atoms with Crippen LogP contribution in [-0.4, -0.2) is 50.8 Å². The molecule has 2 aromatic rings. The number of ether oxygens (including phenoxy) is 1. The smallest absolute Gasteiger partial charge is 0.338 e. The molecule has 32 heavy (non-hydrogen) atoms. The fraction of sp³-hybridized carbons (Fsp3) is 0.391. The van der Waals surface area contributed by atoms with Gasteiger partial charge in [0.25, 0.3) is 0 Å². The third kappa shape index (κ3) is 5.86. The van der Waals surface area contributed by atoms with E-state index in [1.165, 1.54) is 10.4 Å². The van der Waals surface area contributed by atoms with E-state index in [9.17, 15) is 18.0 Å². The van der Waals surface area contributed by atoms with Crippen molar-refractivity contribution in [3.05, 3.63) is 53.6 Å². The number of carbonyl (C=O) groups excluding carboxylic acids is 2. The zero-order chi connectivity index (χ0) is 23.1. The first-order valence-corrected chi connectivity index (χ1v) is 12.2. The van der Waals surface area contributed by atoms with Gasteiger partial charge in [0.05, 0.1) is 23.6 Å². The molecule has 1 aliphatic rings. The number of carbonyl (C=O) groups is 2. The van der Waals surface area contributed by atoms with Gasteiger partial charge in [0.1, 0.15) is 0 Å². The molecule has 0 aliphatic carbocycles. The molecule has 8 nitrogen and oxygen atoms in total. The number of sulfonamides is 1. The lowest BCUT2D eigenvalue weighted by Crippen LogP contribution is -2.35. The summed E-state index contributed by atoms with van der Waals surface area (Å²) < 4.78 is 32.3. The topological polar surface area (TPSA) is 105 Å². The predicted molar refractivity (Wildman–Crippen MR) is 123 cm³/mol. The Bertz CT molecular complexity index is 1060. The number of hydrogen-bond donors (Lipinski definition) is 2. The molecule has 3 rings (SSSR count). The molecule has 2 aromatic carbocycles. The van der Waals surface area contributed by atoms with Crippen LogP contribution in [0.2, 0.25) is 0 Å². The van der Waals surface area contributed by atoms with Crippen LogP contribution in [-0.2, 0) is 19.6 Å². The number of nitrogens with zero attached hydrogens (tertiary/aromatic N) is 1. The van der Waals surface area contributed by atoms with Crippen molar-refractivity contribution in [3.8, 4) is 0 Å². The highest BCUT2D eigenvalue weighted by Crippen LogP contribution is 2.25. The second kappa shape index (κ2) is 10.6. The molecule has 1 aliphatic heterocycles. The van der Waals surface area contributed by atoms with E-state index >= 15 is 0 Å². The molecule has 0 unspecified atom stereocenters. The van der Waals surface area contributed by atoms with Crippen LogP contribution < -0.4 is 10.6 Å². The Morgan fingerprint density at radius 2 is 1.72 bits per heavy atom. The van der Waals surface area contributed by atoms with E-state index in [0.29, 0.717) is 36.6 Å². The lowest BCUT2D eigenvalue weighted by atomic mass is 10.2. The minimum atomic E-state index is -3.58. The zero-order valence-corrected chi connectivity index (χ0v) is 19.2. The number of aryl methyl sites for hydroxylation is 1. The molecule has 1 saturated heterocycles. The molecule has 0 saturated carbocycles. The summed E-state index contributed by atoms with van der Waals surface area (Å²) in [5, 5.41) is 5.77. The molecule has 0 bridgehead atoms. The minimum absolute atomic E-state index is 0.0126. The fourth-order valence-corrected chi connectivity index (χ4v) is 5.01. The maximum absolute atomic E-state index is 12.9. The fourth-order valence-electron chi connectivity index (χ4n) is 3.47. The minimum Gasteiger partial charge on any atom is -0.462 e. The van der Waals surface area contributed by atoms with Crippen LogP contribution in [0.3, 0.4) is 0 Å². The zero-order valence-electron chi connectivity index (χ0n) is 18.4. The Kier molecular flexibility index (Phi) is 7.87. The van der Waals surface area contributed by atoms with Gasteiger partial charge >= 0.3 is 5.97 Å². The van der Waals surface area contributed by atoms with Crippen LogP contribution >= 0.6 is 0 Å². The van der Waals surface area contributed by atoms with Crippen LogP contribution in [0.15, 0.2) is 47.4 Å². The van der Waals surface area contributed by atoms with Crippen molar-refractivity contribution in [1.29, 1.82) is 0 Å². The average Bonchev–Trinajstić information content (AvgIpc) is 2.80. The van der Waals surface area contributed by atoms with E-state index in [2.05, 4.69) is 10.6 Å². The second-order valence-electron chi connectivity index (χ2n) is 7.64. The van der Waals surface area contributed by atoms with E-state index in [1.807, 2.05) is 6.92 Å². The van der Waals surface area contributed by atoms with Gasteiger partial charge < -0.3 is 15.4 Å². The van der Waals surface area contributed by atoms with Crippen LogP contribution in [0.25, 0.3) is 0 Å². The second-order valence-corrected chi connectivity index (χ2v) is 9.58. The number of amides is 1. The Morgan fingerprint density at radius 1 is 1.03 bits per heavy atom. The van der Waals surface area contributed by atoms with Crippen molar-refractivity contribution in [1.82, 2.24) is 4.31 Å². The molecule has 2 N–H and O–H groups in total. The first kappa shape index (κ1) is 23.7. The van der Waals surface area contributed by atoms with Gasteiger partial charge in [-0.25, -0.2) is 13.2 Å². The summed E-state index contributed by atoms with van der Waals surface area (Å²) in [4.78, 5) is 24.3. The summed E-state index contributed by atoms with van der Waals surface area (Å²) in [6, 6.07) is 11.4. The predicted octanol–water partition coefficient (Wildman–Crippen LogP) is 3.40. The van der Waals surface area contributed by atoms with Gasteiger partial charge in [0.2, 0.25) is 15.9 Å². The van der Waals surface area contributed by atoms with Crippen molar-refractivity contribution in [2.24, 2.45) is 0 Å². The number of nitrogens with one attached hydrogen (secondary N) is 2. The molecule has 1 fully saturated rings. The Labute approximate surface area is 189 Å². The van der Waals surface area contributed by atoms with Gasteiger partial charge in [-0.2, -0.15) is 4.31 Å². The molecular weight excluding hydrogens is 430 g/mol. The average molecular weight is 460 g/mol. The van der Waals surface area contributed by atoms with Crippen molar-refractivity contribution >= 4 is 33.3 Å². The third-order valence-electron chi connectivity index (χ3n) is 5.29. The normalized spacial score (nSPS) is 14.6. The monoisotopic (exact) mass is 459 g/mol. The molecule has 0 aromatic heterocycles. The van der Waals surface area contributed by atoms with Gasteiger partial charge in [-0.05, 0) is 68.7 Å². The number of benzene rings is 2. The Morgan fingerprint density at radius 3 is 2.38 bits per heavy atom. The summed E-state index contributed by atoms with van der Waals surface area (Å²) >= 11 is 0. The highest BCUT2D eigenvalue weighted by Gasteiger charge is 2.26. The molecular formula is C23H29N3O5S. The van der Waals surface area contributed by atoms with Gasteiger partial charge in [0, 0.05) is 24.5 Å². The molecule has 172 valence electrons. The van der Waals surface area contributed by atoms with E-state index in [0.717, 1.165) is 24.8 Å². The summed E-state index contributed by atoms with van der Waals surface area (Å²) in [5.74, 6) is -0.707. The van der Waals surface area contributed by atoms with Crippen molar-refractivity contribution in [3.63, 3.8) is 0 Å². The number of rotatable bonds is 8. The largest absolute Gasteiger partial charge is 0.462 e. The van der Waals surface area contributed by atoms with Gasteiger partial charge in [-0.3, -0.25) is 4.79 Å². The maximum Gasteiger partial charge on any atom is 0.338 e. The molecule has 0 atom stereocenters. The van der Waals surface area contributed by atoms with E-state index in [4.69, 9.17) is 4.74 Å². The van der Waals surface area contributed by atoms with Gasteiger partial charge in [-0.15, -0.1) is 0 Å². The van der Waals surface area contributed by atoms with Crippen LogP contribution in [0.4, 0.5) is 11.4 Å². The first-order valence-electron chi connectivity index (χ1n) is 10.7. The van der Waals surface area contributed by atoms with Crippen molar-refractivity contribution in [2.75, 3.05) is 36.9 Å². The third-order valence-corrected chi connectivity index (χ3v) is 7.18. The van der Waals surface area contributed by atoms with Gasteiger partial charge in [0.15, 0.2) is 0 Å². The Balaban J connectivity index is 1.62. The van der Waals surface area contributed by atoms with Crippen LogP contribution in [0.5, 0.6) is 0 Å².